The molecule has 0 bridgehead atoms. The minimum Gasteiger partial charge on any atom is -0.384 e. The van der Waals surface area contributed by atoms with Crippen LogP contribution in [-0.2, 0) is 9.53 Å². The molecule has 0 aliphatic carbocycles. The molecule has 0 saturated carbocycles. The number of hydrogen-bond donors (Lipinski definition) is 1. The van der Waals surface area contributed by atoms with E-state index >= 15 is 0 Å². The molecule has 74 valence electrons. The molecule has 1 amide bonds. The first kappa shape index (κ1) is 11.9. The molecule has 0 aliphatic rings. The highest BCUT2D eigenvalue weighted by atomic mass is 16.5. The molecular formula is C9H16N2O2. The molecule has 0 rings (SSSR count). The molecule has 0 radical (unpaired) electrons. The van der Waals surface area contributed by atoms with Gasteiger partial charge in [-0.3, -0.25) is 4.79 Å². The molecule has 0 atom stereocenters. The Hall–Kier alpha value is -1.08. The van der Waals surface area contributed by atoms with Crippen LogP contribution in [0, 0.1) is 11.3 Å². The van der Waals surface area contributed by atoms with E-state index in [0.717, 1.165) is 12.8 Å². The van der Waals surface area contributed by atoms with Gasteiger partial charge in [-0.05, 0) is 12.8 Å². The van der Waals surface area contributed by atoms with Gasteiger partial charge in [-0.15, -0.1) is 0 Å². The van der Waals surface area contributed by atoms with Crippen LogP contribution in [0.3, 0.4) is 0 Å². The minimum absolute atomic E-state index is 0.0128. The van der Waals surface area contributed by atoms with E-state index in [1.165, 1.54) is 0 Å². The Bertz CT molecular complexity index is 175. The van der Waals surface area contributed by atoms with Crippen LogP contribution in [0.15, 0.2) is 0 Å². The molecule has 0 fully saturated rings. The van der Waals surface area contributed by atoms with Gasteiger partial charge in [-0.25, -0.2) is 0 Å². The zero-order chi connectivity index (χ0) is 9.94. The Morgan fingerprint density at radius 1 is 1.54 bits per heavy atom. The number of ether oxygens (including phenoxy) is 1. The van der Waals surface area contributed by atoms with Gasteiger partial charge < -0.3 is 10.1 Å². The summed E-state index contributed by atoms with van der Waals surface area (Å²) in [5.74, 6) is 0.0128. The molecule has 4 nitrogen and oxygen atoms in total. The molecule has 0 aliphatic heterocycles. The topological polar surface area (TPSA) is 62.1 Å². The quantitative estimate of drug-likeness (QED) is 0.596. The zero-order valence-corrected chi connectivity index (χ0v) is 8.01. The first-order chi connectivity index (χ1) is 6.31. The lowest BCUT2D eigenvalue weighted by molar-refractivity contribution is -0.121. The SMILES string of the molecule is COCCC(=O)NCCCCC#N. The second-order valence-electron chi connectivity index (χ2n) is 2.71. The standard InChI is InChI=1S/C9H16N2O2/c1-13-8-5-9(12)11-7-4-2-3-6-10/h2-5,7-8H2,1H3,(H,11,12). The summed E-state index contributed by atoms with van der Waals surface area (Å²) in [5, 5.41) is 11.0. The van der Waals surface area contributed by atoms with Gasteiger partial charge in [0.15, 0.2) is 0 Å². The molecule has 0 aromatic rings. The van der Waals surface area contributed by atoms with Crippen LogP contribution in [-0.4, -0.2) is 26.2 Å². The second-order valence-corrected chi connectivity index (χ2v) is 2.71. The summed E-state index contributed by atoms with van der Waals surface area (Å²) < 4.78 is 4.75. The van der Waals surface area contributed by atoms with Crippen LogP contribution in [0.2, 0.25) is 0 Å². The van der Waals surface area contributed by atoms with E-state index in [4.69, 9.17) is 10.00 Å². The van der Waals surface area contributed by atoms with Crippen molar-refractivity contribution in [2.75, 3.05) is 20.3 Å². The third-order valence-corrected chi connectivity index (χ3v) is 1.57. The number of carbonyl (C=O) groups excluding carboxylic acids is 1. The highest BCUT2D eigenvalue weighted by molar-refractivity contribution is 5.75. The van der Waals surface area contributed by atoms with E-state index in [-0.39, 0.29) is 5.91 Å². The summed E-state index contributed by atoms with van der Waals surface area (Å²) in [6, 6.07) is 2.06. The Labute approximate surface area is 78.9 Å². The van der Waals surface area contributed by atoms with Gasteiger partial charge in [-0.1, -0.05) is 0 Å². The van der Waals surface area contributed by atoms with Gasteiger partial charge in [0.25, 0.3) is 0 Å². The maximum Gasteiger partial charge on any atom is 0.222 e. The van der Waals surface area contributed by atoms with Crippen LogP contribution >= 0.6 is 0 Å². The Morgan fingerprint density at radius 2 is 2.31 bits per heavy atom. The molecule has 0 aromatic carbocycles. The van der Waals surface area contributed by atoms with Crippen LogP contribution < -0.4 is 5.32 Å². The summed E-state index contributed by atoms with van der Waals surface area (Å²) in [4.78, 5) is 11.0. The summed E-state index contributed by atoms with van der Waals surface area (Å²) >= 11 is 0. The number of nitriles is 1. The van der Waals surface area contributed by atoms with Crippen molar-refractivity contribution in [1.29, 1.82) is 5.26 Å². The van der Waals surface area contributed by atoms with Gasteiger partial charge in [-0.2, -0.15) is 5.26 Å². The van der Waals surface area contributed by atoms with Gasteiger partial charge in [0.2, 0.25) is 5.91 Å². The monoisotopic (exact) mass is 184 g/mol. The lowest BCUT2D eigenvalue weighted by Gasteiger charge is -2.02. The van der Waals surface area contributed by atoms with E-state index in [2.05, 4.69) is 11.4 Å². The maximum absolute atomic E-state index is 11.0. The number of carbonyl (C=O) groups is 1. The zero-order valence-electron chi connectivity index (χ0n) is 8.01. The third-order valence-electron chi connectivity index (χ3n) is 1.57. The summed E-state index contributed by atoms with van der Waals surface area (Å²) in [7, 11) is 1.57. The van der Waals surface area contributed by atoms with Crippen molar-refractivity contribution in [3.8, 4) is 6.07 Å². The van der Waals surface area contributed by atoms with Crippen molar-refractivity contribution in [2.45, 2.75) is 25.7 Å². The first-order valence-electron chi connectivity index (χ1n) is 4.44. The number of nitrogens with zero attached hydrogens (tertiary/aromatic N) is 1. The van der Waals surface area contributed by atoms with E-state index in [0.29, 0.717) is 26.0 Å². The smallest absolute Gasteiger partial charge is 0.222 e. The summed E-state index contributed by atoms with van der Waals surface area (Å²) in [6.07, 6.45) is 2.69. The van der Waals surface area contributed by atoms with Crippen molar-refractivity contribution in [3.63, 3.8) is 0 Å². The minimum atomic E-state index is 0.0128. The molecule has 1 N–H and O–H groups in total. The Balaban J connectivity index is 3.13. The van der Waals surface area contributed by atoms with E-state index in [1.54, 1.807) is 7.11 Å². The average Bonchev–Trinajstić information content (AvgIpc) is 2.14. The molecule has 0 heterocycles. The third kappa shape index (κ3) is 8.83. The molecule has 0 saturated heterocycles. The van der Waals surface area contributed by atoms with Gasteiger partial charge in [0.1, 0.15) is 0 Å². The molecular weight excluding hydrogens is 168 g/mol. The largest absolute Gasteiger partial charge is 0.384 e. The van der Waals surface area contributed by atoms with Crippen LogP contribution in [0.5, 0.6) is 0 Å². The molecule has 0 unspecified atom stereocenters. The molecule has 0 aromatic heterocycles. The fourth-order valence-electron chi connectivity index (χ4n) is 0.840. The highest BCUT2D eigenvalue weighted by Gasteiger charge is 1.98. The highest BCUT2D eigenvalue weighted by Crippen LogP contribution is 1.91. The van der Waals surface area contributed by atoms with Crippen LogP contribution in [0.4, 0.5) is 0 Å². The number of nitrogens with one attached hydrogen (secondary N) is 1. The number of amides is 1. The van der Waals surface area contributed by atoms with Gasteiger partial charge in [0.05, 0.1) is 12.7 Å². The number of unbranched alkanes of at least 4 members (excludes halogenated alkanes) is 2. The Morgan fingerprint density at radius 3 is 2.92 bits per heavy atom. The number of rotatable bonds is 7. The lowest BCUT2D eigenvalue weighted by Crippen LogP contribution is -2.25. The number of hydrogen-bond acceptors (Lipinski definition) is 3. The Kier molecular flexibility index (Phi) is 8.26. The van der Waals surface area contributed by atoms with E-state index in [1.807, 2.05) is 0 Å². The normalized spacial score (nSPS) is 9.23. The van der Waals surface area contributed by atoms with Crippen LogP contribution in [0.25, 0.3) is 0 Å². The maximum atomic E-state index is 11.0. The van der Waals surface area contributed by atoms with Gasteiger partial charge >= 0.3 is 0 Å². The van der Waals surface area contributed by atoms with E-state index in [9.17, 15) is 4.79 Å². The number of methoxy groups -OCH3 is 1. The molecule has 0 spiro atoms. The van der Waals surface area contributed by atoms with Crippen molar-refractivity contribution in [3.05, 3.63) is 0 Å². The predicted molar refractivity (Wildman–Crippen MR) is 49.0 cm³/mol. The predicted octanol–water partition coefficient (Wildman–Crippen LogP) is 0.833. The van der Waals surface area contributed by atoms with Gasteiger partial charge in [0, 0.05) is 26.5 Å². The fraction of sp³-hybridized carbons (Fsp3) is 0.778. The average molecular weight is 184 g/mol. The summed E-state index contributed by atoms with van der Waals surface area (Å²) in [6.45, 7) is 1.12. The van der Waals surface area contributed by atoms with Crippen molar-refractivity contribution >= 4 is 5.91 Å². The summed E-state index contributed by atoms with van der Waals surface area (Å²) in [5.41, 5.74) is 0. The van der Waals surface area contributed by atoms with Crippen molar-refractivity contribution in [2.24, 2.45) is 0 Å². The van der Waals surface area contributed by atoms with Crippen LogP contribution in [0.1, 0.15) is 25.7 Å². The van der Waals surface area contributed by atoms with E-state index < -0.39 is 0 Å². The van der Waals surface area contributed by atoms with Crippen molar-refractivity contribution < 1.29 is 9.53 Å². The molecule has 4 heteroatoms. The lowest BCUT2D eigenvalue weighted by atomic mass is 10.2. The second kappa shape index (κ2) is 9.01. The van der Waals surface area contributed by atoms with Crippen molar-refractivity contribution in [1.82, 2.24) is 5.32 Å². The first-order valence-corrected chi connectivity index (χ1v) is 4.44. The fourth-order valence-corrected chi connectivity index (χ4v) is 0.840. The molecule has 13 heavy (non-hydrogen) atoms.